The number of methoxy groups -OCH3 is 2. The second kappa shape index (κ2) is 8.44. The van der Waals surface area contributed by atoms with E-state index in [-0.39, 0.29) is 6.03 Å². The number of fused-ring (bicyclic) bond motifs is 1. The molecular weight excluding hydrogens is 382 g/mol. The van der Waals surface area contributed by atoms with Crippen molar-refractivity contribution in [2.24, 2.45) is 0 Å². The smallest absolute Gasteiger partial charge is 0.321 e. The highest BCUT2D eigenvalue weighted by Crippen LogP contribution is 2.34. The van der Waals surface area contributed by atoms with Crippen LogP contribution in [0.3, 0.4) is 0 Å². The third-order valence-electron chi connectivity index (χ3n) is 5.26. The van der Waals surface area contributed by atoms with Crippen LogP contribution in [0, 0.1) is 6.92 Å². The highest BCUT2D eigenvalue weighted by molar-refractivity contribution is 5.92. The van der Waals surface area contributed by atoms with Crippen molar-refractivity contribution in [3.63, 3.8) is 0 Å². The third-order valence-corrected chi connectivity index (χ3v) is 5.26. The van der Waals surface area contributed by atoms with E-state index in [9.17, 15) is 4.79 Å². The van der Waals surface area contributed by atoms with Crippen molar-refractivity contribution in [3.05, 3.63) is 48.3 Å². The van der Waals surface area contributed by atoms with Crippen LogP contribution in [-0.4, -0.2) is 61.3 Å². The van der Waals surface area contributed by atoms with E-state index >= 15 is 0 Å². The Balaban J connectivity index is 1.48. The monoisotopic (exact) mass is 407 g/mol. The first-order valence-corrected chi connectivity index (χ1v) is 9.83. The zero-order valence-corrected chi connectivity index (χ0v) is 17.4. The molecule has 1 aliphatic rings. The number of carbonyl (C=O) groups excluding carboxylic acids is 1. The lowest BCUT2D eigenvalue weighted by Gasteiger charge is -2.35. The number of nitrogens with zero attached hydrogens (tertiary/aromatic N) is 4. The summed E-state index contributed by atoms with van der Waals surface area (Å²) in [6.45, 7) is 4.58. The molecule has 8 nitrogen and oxygen atoms in total. The second-order valence-electron chi connectivity index (χ2n) is 7.20. The van der Waals surface area contributed by atoms with E-state index in [2.05, 4.69) is 20.2 Å². The van der Waals surface area contributed by atoms with Crippen molar-refractivity contribution in [2.75, 3.05) is 50.6 Å². The van der Waals surface area contributed by atoms with Crippen LogP contribution in [0.1, 0.15) is 5.56 Å². The summed E-state index contributed by atoms with van der Waals surface area (Å²) >= 11 is 0. The minimum Gasteiger partial charge on any atom is -0.493 e. The average molecular weight is 407 g/mol. The number of hydrogen-bond donors (Lipinski definition) is 1. The van der Waals surface area contributed by atoms with Crippen molar-refractivity contribution >= 4 is 28.4 Å². The second-order valence-corrected chi connectivity index (χ2v) is 7.20. The fourth-order valence-electron chi connectivity index (χ4n) is 3.67. The van der Waals surface area contributed by atoms with E-state index in [1.54, 1.807) is 20.5 Å². The largest absolute Gasteiger partial charge is 0.493 e. The molecule has 4 rings (SSSR count). The maximum absolute atomic E-state index is 12.6. The molecule has 0 unspecified atom stereocenters. The summed E-state index contributed by atoms with van der Waals surface area (Å²) < 4.78 is 10.8. The number of aromatic nitrogens is 2. The predicted molar refractivity (Wildman–Crippen MR) is 117 cm³/mol. The molecule has 0 spiro atoms. The summed E-state index contributed by atoms with van der Waals surface area (Å²) in [4.78, 5) is 25.5. The van der Waals surface area contributed by atoms with Gasteiger partial charge in [0.2, 0.25) is 0 Å². The Kier molecular flexibility index (Phi) is 5.56. The van der Waals surface area contributed by atoms with Gasteiger partial charge in [-0.1, -0.05) is 12.1 Å². The van der Waals surface area contributed by atoms with Crippen LogP contribution < -0.4 is 19.7 Å². The van der Waals surface area contributed by atoms with Gasteiger partial charge in [0.1, 0.15) is 12.1 Å². The quantitative estimate of drug-likeness (QED) is 0.715. The molecule has 1 aromatic heterocycles. The van der Waals surface area contributed by atoms with E-state index in [1.165, 1.54) is 0 Å². The minimum absolute atomic E-state index is 0.0841. The number of aryl methyl sites for hydroxylation is 1. The fraction of sp³-hybridized carbons (Fsp3) is 0.318. The first-order valence-electron chi connectivity index (χ1n) is 9.83. The molecule has 1 fully saturated rings. The van der Waals surface area contributed by atoms with E-state index in [0.717, 1.165) is 28.0 Å². The third kappa shape index (κ3) is 3.94. The van der Waals surface area contributed by atoms with Gasteiger partial charge in [0, 0.05) is 43.3 Å². The molecule has 3 aromatic rings. The van der Waals surface area contributed by atoms with Gasteiger partial charge in [-0.05, 0) is 30.7 Å². The zero-order valence-electron chi connectivity index (χ0n) is 17.4. The number of carbonyl (C=O) groups is 1. The van der Waals surface area contributed by atoms with Gasteiger partial charge in [-0.3, -0.25) is 0 Å². The molecule has 2 aromatic carbocycles. The van der Waals surface area contributed by atoms with Crippen molar-refractivity contribution in [1.82, 2.24) is 14.9 Å². The molecule has 2 amide bonds. The number of rotatable bonds is 4. The number of piperazine rings is 1. The Bertz CT molecular complexity index is 1060. The Morgan fingerprint density at radius 3 is 2.43 bits per heavy atom. The van der Waals surface area contributed by atoms with Crippen LogP contribution in [0.25, 0.3) is 10.9 Å². The van der Waals surface area contributed by atoms with Crippen molar-refractivity contribution in [2.45, 2.75) is 6.92 Å². The average Bonchev–Trinajstić information content (AvgIpc) is 2.77. The molecule has 0 bridgehead atoms. The van der Waals surface area contributed by atoms with Crippen LogP contribution in [0.2, 0.25) is 0 Å². The lowest BCUT2D eigenvalue weighted by Crippen LogP contribution is -2.50. The summed E-state index contributed by atoms with van der Waals surface area (Å²) in [6.07, 6.45) is 1.56. The van der Waals surface area contributed by atoms with Crippen LogP contribution >= 0.6 is 0 Å². The number of hydrogen-bond acceptors (Lipinski definition) is 6. The van der Waals surface area contributed by atoms with E-state index in [4.69, 9.17) is 9.47 Å². The Morgan fingerprint density at radius 2 is 1.73 bits per heavy atom. The standard InChI is InChI=1S/C22H25N5O3/c1-15-5-4-6-16(11-15)25-22(28)27-9-7-26(8-10-27)21-17-12-19(29-2)20(30-3)13-18(17)23-14-24-21/h4-6,11-14H,7-10H2,1-3H3,(H,25,28). The summed E-state index contributed by atoms with van der Waals surface area (Å²) in [5.41, 5.74) is 2.71. The lowest BCUT2D eigenvalue weighted by atomic mass is 10.2. The zero-order chi connectivity index (χ0) is 21.1. The molecule has 0 radical (unpaired) electrons. The molecule has 0 atom stereocenters. The van der Waals surface area contributed by atoms with E-state index in [0.29, 0.717) is 37.7 Å². The Hall–Kier alpha value is -3.55. The summed E-state index contributed by atoms with van der Waals surface area (Å²) in [6, 6.07) is 11.5. The topological polar surface area (TPSA) is 79.8 Å². The SMILES string of the molecule is COc1cc2ncnc(N3CCN(C(=O)Nc4cccc(C)c4)CC3)c2cc1OC. The maximum Gasteiger partial charge on any atom is 0.321 e. The van der Waals surface area contributed by atoms with Gasteiger partial charge in [0.25, 0.3) is 0 Å². The molecule has 156 valence electrons. The van der Waals surface area contributed by atoms with Crippen LogP contribution in [0.5, 0.6) is 11.5 Å². The van der Waals surface area contributed by atoms with Crippen molar-refractivity contribution in [1.29, 1.82) is 0 Å². The van der Waals surface area contributed by atoms with Crippen LogP contribution in [0.15, 0.2) is 42.7 Å². The molecule has 1 aliphatic heterocycles. The number of benzene rings is 2. The maximum atomic E-state index is 12.6. The van der Waals surface area contributed by atoms with Gasteiger partial charge in [-0.2, -0.15) is 0 Å². The van der Waals surface area contributed by atoms with Crippen LogP contribution in [-0.2, 0) is 0 Å². The van der Waals surface area contributed by atoms with E-state index < -0.39 is 0 Å². The summed E-state index contributed by atoms with van der Waals surface area (Å²) in [5, 5.41) is 3.87. The van der Waals surface area contributed by atoms with Crippen molar-refractivity contribution in [3.8, 4) is 11.5 Å². The fourth-order valence-corrected chi connectivity index (χ4v) is 3.67. The van der Waals surface area contributed by atoms with Gasteiger partial charge in [-0.15, -0.1) is 0 Å². The molecule has 2 heterocycles. The highest BCUT2D eigenvalue weighted by atomic mass is 16.5. The summed E-state index contributed by atoms with van der Waals surface area (Å²) in [5.74, 6) is 2.10. The number of urea groups is 1. The molecule has 1 N–H and O–H groups in total. The molecule has 1 saturated heterocycles. The number of ether oxygens (including phenoxy) is 2. The molecule has 0 aliphatic carbocycles. The minimum atomic E-state index is -0.0841. The van der Waals surface area contributed by atoms with Crippen LogP contribution in [0.4, 0.5) is 16.3 Å². The number of amides is 2. The molecule has 8 heteroatoms. The first-order chi connectivity index (χ1) is 14.6. The van der Waals surface area contributed by atoms with Gasteiger partial charge >= 0.3 is 6.03 Å². The molecule has 30 heavy (non-hydrogen) atoms. The van der Waals surface area contributed by atoms with Gasteiger partial charge in [0.05, 0.1) is 19.7 Å². The summed E-state index contributed by atoms with van der Waals surface area (Å²) in [7, 11) is 3.21. The number of anilines is 2. The molecular formula is C22H25N5O3. The Morgan fingerprint density at radius 1 is 1.00 bits per heavy atom. The predicted octanol–water partition coefficient (Wildman–Crippen LogP) is 3.31. The van der Waals surface area contributed by atoms with Gasteiger partial charge < -0.3 is 24.6 Å². The normalized spacial score (nSPS) is 14.0. The Labute approximate surface area is 175 Å². The lowest BCUT2D eigenvalue weighted by molar-refractivity contribution is 0.208. The van der Waals surface area contributed by atoms with Crippen molar-refractivity contribution < 1.29 is 14.3 Å². The number of nitrogens with one attached hydrogen (secondary N) is 1. The van der Waals surface area contributed by atoms with Gasteiger partial charge in [0.15, 0.2) is 11.5 Å². The first kappa shape index (κ1) is 19.8. The van der Waals surface area contributed by atoms with Gasteiger partial charge in [-0.25, -0.2) is 14.8 Å². The highest BCUT2D eigenvalue weighted by Gasteiger charge is 2.24. The van der Waals surface area contributed by atoms with E-state index in [1.807, 2.05) is 48.2 Å². The molecule has 0 saturated carbocycles.